The Kier molecular flexibility index (Phi) is 6.26. The number of nitrogens with one attached hydrogen (secondary N) is 1. The molecule has 0 radical (unpaired) electrons. The van der Waals surface area contributed by atoms with E-state index in [1.54, 1.807) is 6.92 Å². The molecule has 0 aromatic heterocycles. The van der Waals surface area contributed by atoms with Gasteiger partial charge in [0.2, 0.25) is 10.0 Å². The molecule has 9 heteroatoms. The molecule has 0 saturated carbocycles. The molecular weight excluding hydrogens is 367 g/mol. The van der Waals surface area contributed by atoms with Crippen molar-refractivity contribution in [2.75, 3.05) is 13.2 Å². The zero-order valence-electron chi connectivity index (χ0n) is 11.5. The van der Waals surface area contributed by atoms with Crippen molar-refractivity contribution < 1.29 is 22.3 Å². The number of rotatable bonds is 6. The van der Waals surface area contributed by atoms with E-state index in [1.165, 1.54) is 0 Å². The molecule has 1 aromatic carbocycles. The second kappa shape index (κ2) is 7.30. The van der Waals surface area contributed by atoms with E-state index in [4.69, 9.17) is 9.88 Å². The quantitative estimate of drug-likeness (QED) is 0.776. The van der Waals surface area contributed by atoms with Crippen LogP contribution < -0.4 is 10.5 Å². The summed E-state index contributed by atoms with van der Waals surface area (Å²) in [6.45, 7) is 4.37. The van der Waals surface area contributed by atoms with Gasteiger partial charge in [0.25, 0.3) is 5.91 Å². The summed E-state index contributed by atoms with van der Waals surface area (Å²) in [5.41, 5.74) is -0.0243. The van der Waals surface area contributed by atoms with Gasteiger partial charge in [0.15, 0.2) is 0 Å². The molecule has 0 aliphatic heterocycles. The van der Waals surface area contributed by atoms with Crippen molar-refractivity contribution in [2.45, 2.75) is 24.8 Å². The molecule has 0 fully saturated rings. The van der Waals surface area contributed by atoms with E-state index >= 15 is 0 Å². The molecule has 21 heavy (non-hydrogen) atoms. The van der Waals surface area contributed by atoms with Crippen LogP contribution in [0.15, 0.2) is 21.5 Å². The first kappa shape index (κ1) is 18.0. The molecule has 0 heterocycles. The van der Waals surface area contributed by atoms with Gasteiger partial charge in [0.05, 0.1) is 12.2 Å². The molecule has 1 aromatic rings. The molecule has 6 nitrogen and oxygen atoms in total. The number of hydrogen-bond acceptors (Lipinski definition) is 4. The number of ether oxygens (including phenoxy) is 1. The van der Waals surface area contributed by atoms with E-state index < -0.39 is 26.6 Å². The average molecular weight is 383 g/mol. The smallest absolute Gasteiger partial charge is 0.252 e. The van der Waals surface area contributed by atoms with Crippen LogP contribution in [-0.4, -0.2) is 33.6 Å². The van der Waals surface area contributed by atoms with Gasteiger partial charge in [0.1, 0.15) is 10.7 Å². The summed E-state index contributed by atoms with van der Waals surface area (Å²) in [7, 11) is -4.25. The summed E-state index contributed by atoms with van der Waals surface area (Å²) in [6, 6.07) is 1.51. The Balaban J connectivity index is 3.05. The summed E-state index contributed by atoms with van der Waals surface area (Å²) in [6.07, 6.45) is 0. The molecule has 1 amide bonds. The molecule has 3 N–H and O–H groups in total. The minimum atomic E-state index is -4.25. The minimum Gasteiger partial charge on any atom is -0.380 e. The highest BCUT2D eigenvalue weighted by Gasteiger charge is 2.21. The van der Waals surface area contributed by atoms with Crippen LogP contribution in [0.2, 0.25) is 0 Å². The van der Waals surface area contributed by atoms with Crippen molar-refractivity contribution in [1.29, 1.82) is 0 Å². The Morgan fingerprint density at radius 3 is 2.67 bits per heavy atom. The maximum absolute atomic E-state index is 13.6. The third-order valence-corrected chi connectivity index (χ3v) is 4.10. The fraction of sp³-hybridized carbons (Fsp3) is 0.417. The minimum absolute atomic E-state index is 0.0243. The standard InChI is InChI=1S/C12H16BrFN2O4S/c1-3-20-6-7(2)16-12(17)8-4-11(21(15,18)19)10(14)5-9(8)13/h4-5,7H,3,6H2,1-2H3,(H,16,17)(H2,15,18,19). The van der Waals surface area contributed by atoms with Crippen LogP contribution in [0, 0.1) is 5.82 Å². The number of carbonyl (C=O) groups excluding carboxylic acids is 1. The van der Waals surface area contributed by atoms with E-state index in [0.29, 0.717) is 13.2 Å². The predicted octanol–water partition coefficient (Wildman–Crippen LogP) is 1.39. The molecule has 1 unspecified atom stereocenters. The van der Waals surface area contributed by atoms with Crippen molar-refractivity contribution in [1.82, 2.24) is 5.32 Å². The molecule has 0 bridgehead atoms. The zero-order chi connectivity index (χ0) is 16.2. The fourth-order valence-electron chi connectivity index (χ4n) is 1.56. The van der Waals surface area contributed by atoms with Gasteiger partial charge < -0.3 is 10.1 Å². The predicted molar refractivity (Wildman–Crippen MR) is 78.9 cm³/mol. The van der Waals surface area contributed by atoms with Crippen LogP contribution >= 0.6 is 15.9 Å². The summed E-state index contributed by atoms with van der Waals surface area (Å²) in [4.78, 5) is 11.3. The first-order chi connectivity index (χ1) is 9.66. The third-order valence-electron chi connectivity index (χ3n) is 2.52. The Labute approximate surface area is 131 Å². The Morgan fingerprint density at radius 2 is 2.14 bits per heavy atom. The average Bonchev–Trinajstić information content (AvgIpc) is 2.34. The molecule has 1 rings (SSSR count). The number of primary sulfonamides is 1. The van der Waals surface area contributed by atoms with E-state index in [1.807, 2.05) is 6.92 Å². The topological polar surface area (TPSA) is 98.5 Å². The van der Waals surface area contributed by atoms with E-state index in [-0.39, 0.29) is 16.1 Å². The van der Waals surface area contributed by atoms with Crippen LogP contribution in [0.3, 0.4) is 0 Å². The van der Waals surface area contributed by atoms with Crippen LogP contribution in [0.25, 0.3) is 0 Å². The van der Waals surface area contributed by atoms with Crippen LogP contribution in [0.4, 0.5) is 4.39 Å². The van der Waals surface area contributed by atoms with Crippen molar-refractivity contribution in [3.8, 4) is 0 Å². The van der Waals surface area contributed by atoms with Gasteiger partial charge >= 0.3 is 0 Å². The molecule has 0 aliphatic carbocycles. The number of nitrogens with two attached hydrogens (primary N) is 1. The highest BCUT2D eigenvalue weighted by atomic mass is 79.9. The van der Waals surface area contributed by atoms with Crippen molar-refractivity contribution in [3.63, 3.8) is 0 Å². The monoisotopic (exact) mass is 382 g/mol. The molecule has 0 saturated heterocycles. The highest BCUT2D eigenvalue weighted by molar-refractivity contribution is 9.10. The molecule has 118 valence electrons. The maximum Gasteiger partial charge on any atom is 0.252 e. The zero-order valence-corrected chi connectivity index (χ0v) is 13.9. The summed E-state index contributed by atoms with van der Waals surface area (Å²) in [5.74, 6) is -1.58. The number of hydrogen-bond donors (Lipinski definition) is 2. The van der Waals surface area contributed by atoms with Gasteiger partial charge in [-0.25, -0.2) is 17.9 Å². The number of halogens is 2. The number of amides is 1. The third kappa shape index (κ3) is 5.03. The largest absolute Gasteiger partial charge is 0.380 e. The Morgan fingerprint density at radius 1 is 1.52 bits per heavy atom. The number of sulfonamides is 1. The first-order valence-electron chi connectivity index (χ1n) is 6.07. The lowest BCUT2D eigenvalue weighted by atomic mass is 10.2. The second-order valence-electron chi connectivity index (χ2n) is 4.34. The summed E-state index contributed by atoms with van der Waals surface area (Å²) in [5, 5.41) is 7.53. The Bertz CT molecular complexity index is 636. The maximum atomic E-state index is 13.6. The summed E-state index contributed by atoms with van der Waals surface area (Å²) < 4.78 is 41.4. The lowest BCUT2D eigenvalue weighted by Gasteiger charge is -2.15. The van der Waals surface area contributed by atoms with Crippen molar-refractivity contribution in [2.24, 2.45) is 5.14 Å². The lowest BCUT2D eigenvalue weighted by Crippen LogP contribution is -2.36. The van der Waals surface area contributed by atoms with Crippen LogP contribution in [0.5, 0.6) is 0 Å². The number of carbonyl (C=O) groups is 1. The van der Waals surface area contributed by atoms with Gasteiger partial charge in [-0.3, -0.25) is 4.79 Å². The van der Waals surface area contributed by atoms with E-state index in [9.17, 15) is 17.6 Å². The van der Waals surface area contributed by atoms with E-state index in [0.717, 1.165) is 12.1 Å². The van der Waals surface area contributed by atoms with Gasteiger partial charge in [0, 0.05) is 17.1 Å². The van der Waals surface area contributed by atoms with E-state index in [2.05, 4.69) is 21.2 Å². The Hall–Kier alpha value is -1.03. The normalized spacial score (nSPS) is 13.0. The SMILES string of the molecule is CCOCC(C)NC(=O)c1cc(S(N)(=O)=O)c(F)cc1Br. The van der Waals surface area contributed by atoms with Crippen LogP contribution in [-0.2, 0) is 14.8 Å². The highest BCUT2D eigenvalue weighted by Crippen LogP contribution is 2.23. The molecule has 0 aliphatic rings. The molecular formula is C12H16BrFN2O4S. The lowest BCUT2D eigenvalue weighted by molar-refractivity contribution is 0.0871. The summed E-state index contributed by atoms with van der Waals surface area (Å²) >= 11 is 3.02. The molecule has 1 atom stereocenters. The van der Waals surface area contributed by atoms with Crippen molar-refractivity contribution >= 4 is 31.9 Å². The van der Waals surface area contributed by atoms with Gasteiger partial charge in [-0.2, -0.15) is 0 Å². The van der Waals surface area contributed by atoms with Crippen LogP contribution in [0.1, 0.15) is 24.2 Å². The van der Waals surface area contributed by atoms with Crippen molar-refractivity contribution in [3.05, 3.63) is 28.0 Å². The number of benzene rings is 1. The fourth-order valence-corrected chi connectivity index (χ4v) is 2.67. The van der Waals surface area contributed by atoms with Gasteiger partial charge in [-0.05, 0) is 41.9 Å². The molecule has 0 spiro atoms. The first-order valence-corrected chi connectivity index (χ1v) is 8.41. The van der Waals surface area contributed by atoms with Gasteiger partial charge in [-0.15, -0.1) is 0 Å². The second-order valence-corrected chi connectivity index (χ2v) is 6.73. The van der Waals surface area contributed by atoms with Gasteiger partial charge in [-0.1, -0.05) is 0 Å².